The molecule has 2 heterocycles. The van der Waals surface area contributed by atoms with Gasteiger partial charge in [-0.05, 0) is 86.6 Å². The van der Waals surface area contributed by atoms with E-state index in [-0.39, 0.29) is 0 Å². The highest BCUT2D eigenvalue weighted by Crippen LogP contribution is 2.33. The number of pyridine rings is 1. The molecular weight excluding hydrogens is 524 g/mol. The van der Waals surface area contributed by atoms with E-state index in [9.17, 15) is 0 Å². The fourth-order valence-electron chi connectivity index (χ4n) is 5.74. The van der Waals surface area contributed by atoms with Crippen LogP contribution in [0.5, 0.6) is 0 Å². The van der Waals surface area contributed by atoms with Crippen molar-refractivity contribution in [2.75, 3.05) is 0 Å². The summed E-state index contributed by atoms with van der Waals surface area (Å²) in [6, 6.07) is 52.8. The molecule has 43 heavy (non-hydrogen) atoms. The summed E-state index contributed by atoms with van der Waals surface area (Å²) in [5, 5.41) is 2.51. The molecule has 0 bridgehead atoms. The fourth-order valence-corrected chi connectivity index (χ4v) is 5.74. The molecule has 3 nitrogen and oxygen atoms in total. The zero-order valence-electron chi connectivity index (χ0n) is 23.3. The van der Waals surface area contributed by atoms with E-state index in [1.165, 1.54) is 21.9 Å². The van der Waals surface area contributed by atoms with Crippen LogP contribution in [0.1, 0.15) is 0 Å². The van der Waals surface area contributed by atoms with Gasteiger partial charge in [-0.15, -0.1) is 0 Å². The highest BCUT2D eigenvalue weighted by atomic mass is 16.3. The molecule has 2 aromatic heterocycles. The Bertz CT molecular complexity index is 2210. The number of hydrogen-bond acceptors (Lipinski definition) is 3. The number of rotatable bonds is 5. The predicted molar refractivity (Wildman–Crippen MR) is 176 cm³/mol. The SMILES string of the molecule is c1ccc(-c2cccc(-c3ccc(-c4nc5ccc(-c6ccc(-c7cccc8ccccc78)cc6)cc5o4)cc3)c2)nc1. The zero-order chi connectivity index (χ0) is 28.6. The van der Waals surface area contributed by atoms with E-state index in [2.05, 4.69) is 132 Å². The summed E-state index contributed by atoms with van der Waals surface area (Å²) in [7, 11) is 0. The van der Waals surface area contributed by atoms with Crippen molar-refractivity contribution >= 4 is 21.9 Å². The van der Waals surface area contributed by atoms with E-state index in [1.807, 2.05) is 30.5 Å². The van der Waals surface area contributed by atoms with Crippen molar-refractivity contribution < 1.29 is 4.42 Å². The van der Waals surface area contributed by atoms with E-state index < -0.39 is 0 Å². The third kappa shape index (κ3) is 4.77. The lowest BCUT2D eigenvalue weighted by Crippen LogP contribution is -1.84. The predicted octanol–water partition coefficient (Wildman–Crippen LogP) is 10.7. The maximum Gasteiger partial charge on any atom is 0.227 e. The minimum atomic E-state index is 0.618. The molecule has 0 saturated carbocycles. The van der Waals surface area contributed by atoms with Crippen LogP contribution in [-0.2, 0) is 0 Å². The Hall–Kier alpha value is -5.80. The molecule has 8 rings (SSSR count). The third-order valence-electron chi connectivity index (χ3n) is 8.00. The molecule has 0 spiro atoms. The van der Waals surface area contributed by atoms with E-state index in [0.717, 1.165) is 50.2 Å². The average molecular weight is 551 g/mol. The molecule has 0 aliphatic carbocycles. The molecule has 202 valence electrons. The van der Waals surface area contributed by atoms with Gasteiger partial charge in [0, 0.05) is 17.3 Å². The molecule has 0 aliphatic rings. The first-order valence-electron chi connectivity index (χ1n) is 14.4. The summed E-state index contributed by atoms with van der Waals surface area (Å²) < 4.78 is 6.26. The molecule has 0 unspecified atom stereocenters. The minimum Gasteiger partial charge on any atom is -0.436 e. The number of aromatic nitrogens is 2. The number of nitrogens with zero attached hydrogens (tertiary/aromatic N) is 2. The number of benzene rings is 6. The van der Waals surface area contributed by atoms with Gasteiger partial charge in [-0.1, -0.05) is 109 Å². The lowest BCUT2D eigenvalue weighted by Gasteiger charge is -2.08. The summed E-state index contributed by atoms with van der Waals surface area (Å²) in [4.78, 5) is 9.27. The van der Waals surface area contributed by atoms with Crippen LogP contribution < -0.4 is 0 Å². The van der Waals surface area contributed by atoms with Gasteiger partial charge in [-0.2, -0.15) is 0 Å². The molecule has 0 atom stereocenters. The Labute approximate surface area is 249 Å². The summed E-state index contributed by atoms with van der Waals surface area (Å²) >= 11 is 0. The summed E-state index contributed by atoms with van der Waals surface area (Å²) in [6.45, 7) is 0. The van der Waals surface area contributed by atoms with Gasteiger partial charge < -0.3 is 4.42 Å². The van der Waals surface area contributed by atoms with Crippen LogP contribution in [0, 0.1) is 0 Å². The van der Waals surface area contributed by atoms with Gasteiger partial charge in [0.1, 0.15) is 5.52 Å². The molecule has 8 aromatic rings. The number of oxazole rings is 1. The molecule has 3 heteroatoms. The zero-order valence-corrected chi connectivity index (χ0v) is 23.3. The number of hydrogen-bond donors (Lipinski definition) is 0. The summed E-state index contributed by atoms with van der Waals surface area (Å²) in [6.07, 6.45) is 1.82. The number of fused-ring (bicyclic) bond motifs is 2. The van der Waals surface area contributed by atoms with Crippen molar-refractivity contribution in [1.29, 1.82) is 0 Å². The molecular formula is C40H26N2O. The van der Waals surface area contributed by atoms with Gasteiger partial charge in [0.05, 0.1) is 5.69 Å². The van der Waals surface area contributed by atoms with Gasteiger partial charge in [-0.3, -0.25) is 4.98 Å². The maximum absolute atomic E-state index is 6.26. The second kappa shape index (κ2) is 10.6. The van der Waals surface area contributed by atoms with Crippen molar-refractivity contribution in [3.63, 3.8) is 0 Å². The Kier molecular flexibility index (Phi) is 6.12. The highest BCUT2D eigenvalue weighted by molar-refractivity contribution is 5.97. The second-order valence-corrected chi connectivity index (χ2v) is 10.7. The molecule has 0 N–H and O–H groups in total. The second-order valence-electron chi connectivity index (χ2n) is 10.7. The van der Waals surface area contributed by atoms with E-state index in [1.54, 1.807) is 0 Å². The van der Waals surface area contributed by atoms with Crippen LogP contribution in [0.2, 0.25) is 0 Å². The van der Waals surface area contributed by atoms with Crippen LogP contribution in [0.15, 0.2) is 162 Å². The van der Waals surface area contributed by atoms with Crippen molar-refractivity contribution in [1.82, 2.24) is 9.97 Å². The fraction of sp³-hybridized carbons (Fsp3) is 0. The first-order valence-corrected chi connectivity index (χ1v) is 14.4. The third-order valence-corrected chi connectivity index (χ3v) is 8.00. The van der Waals surface area contributed by atoms with Crippen LogP contribution in [0.25, 0.3) is 78.0 Å². The Balaban J connectivity index is 1.05. The Morgan fingerprint density at radius 1 is 0.442 bits per heavy atom. The van der Waals surface area contributed by atoms with E-state index >= 15 is 0 Å². The van der Waals surface area contributed by atoms with Crippen LogP contribution in [0.3, 0.4) is 0 Å². The van der Waals surface area contributed by atoms with Gasteiger partial charge in [0.15, 0.2) is 5.58 Å². The minimum absolute atomic E-state index is 0.618. The molecule has 0 aliphatic heterocycles. The largest absolute Gasteiger partial charge is 0.436 e. The lowest BCUT2D eigenvalue weighted by atomic mass is 9.96. The summed E-state index contributed by atoms with van der Waals surface area (Å²) in [5.41, 5.74) is 11.6. The first kappa shape index (κ1) is 25.0. The molecule has 0 saturated heterocycles. The van der Waals surface area contributed by atoms with Crippen LogP contribution in [-0.4, -0.2) is 9.97 Å². The topological polar surface area (TPSA) is 38.9 Å². The highest BCUT2D eigenvalue weighted by Gasteiger charge is 2.11. The Morgan fingerprint density at radius 2 is 1.09 bits per heavy atom. The van der Waals surface area contributed by atoms with Gasteiger partial charge in [0.25, 0.3) is 0 Å². The normalized spacial score (nSPS) is 11.3. The van der Waals surface area contributed by atoms with Gasteiger partial charge in [-0.25, -0.2) is 4.98 Å². The van der Waals surface area contributed by atoms with Crippen molar-refractivity contribution in [3.05, 3.63) is 158 Å². The summed E-state index contributed by atoms with van der Waals surface area (Å²) in [5.74, 6) is 0.618. The van der Waals surface area contributed by atoms with E-state index in [0.29, 0.717) is 5.89 Å². The van der Waals surface area contributed by atoms with Gasteiger partial charge in [0.2, 0.25) is 5.89 Å². The molecule has 0 fully saturated rings. The standard InChI is InChI=1S/C40H26N2O/c1-2-11-35-29(7-1)8-6-12-36(35)30-18-14-28(15-19-30)33-22-23-38-39(26-33)43-40(42-38)31-20-16-27(17-21-31)32-9-5-10-34(25-32)37-13-3-4-24-41-37/h1-26H. The van der Waals surface area contributed by atoms with Crippen LogP contribution >= 0.6 is 0 Å². The molecule has 6 aromatic carbocycles. The monoisotopic (exact) mass is 550 g/mol. The molecule has 0 radical (unpaired) electrons. The average Bonchev–Trinajstić information content (AvgIpc) is 3.52. The smallest absolute Gasteiger partial charge is 0.227 e. The Morgan fingerprint density at radius 3 is 1.91 bits per heavy atom. The first-order chi connectivity index (χ1) is 21.3. The quantitative estimate of drug-likeness (QED) is 0.214. The van der Waals surface area contributed by atoms with Gasteiger partial charge >= 0.3 is 0 Å². The molecule has 0 amide bonds. The van der Waals surface area contributed by atoms with Crippen LogP contribution in [0.4, 0.5) is 0 Å². The maximum atomic E-state index is 6.26. The van der Waals surface area contributed by atoms with Crippen molar-refractivity contribution in [2.45, 2.75) is 0 Å². The van der Waals surface area contributed by atoms with E-state index in [4.69, 9.17) is 9.40 Å². The lowest BCUT2D eigenvalue weighted by molar-refractivity contribution is 0.620. The van der Waals surface area contributed by atoms with Crippen molar-refractivity contribution in [2.24, 2.45) is 0 Å². The van der Waals surface area contributed by atoms with Crippen molar-refractivity contribution in [3.8, 4) is 56.1 Å².